The Labute approximate surface area is 89.1 Å². The monoisotopic (exact) mass is 209 g/mol. The Morgan fingerprint density at radius 2 is 2.29 bits per heavy atom. The number of hydrogen-bond acceptors (Lipinski definition) is 2. The Morgan fingerprint density at radius 1 is 1.50 bits per heavy atom. The van der Waals surface area contributed by atoms with Crippen LogP contribution in [0.15, 0.2) is 24.3 Å². The van der Waals surface area contributed by atoms with Crippen LogP contribution in [0.3, 0.4) is 0 Å². The standard InChI is InChI=1S/C11H15NOS/c1-3-14-8-11(13)12-10-6-4-5-9(2)7-10/h4-7H,3,8H2,1-2H3,(H,12,13). The number of amides is 1. The van der Waals surface area contributed by atoms with Gasteiger partial charge in [0, 0.05) is 5.69 Å². The molecule has 1 aromatic carbocycles. The topological polar surface area (TPSA) is 29.1 Å². The average Bonchev–Trinajstić information content (AvgIpc) is 2.15. The van der Waals surface area contributed by atoms with Crippen LogP contribution in [0.4, 0.5) is 5.69 Å². The Balaban J connectivity index is 2.47. The van der Waals surface area contributed by atoms with Crippen LogP contribution in [0.5, 0.6) is 0 Å². The number of thioether (sulfide) groups is 1. The minimum absolute atomic E-state index is 0.0717. The number of benzene rings is 1. The third kappa shape index (κ3) is 3.83. The summed E-state index contributed by atoms with van der Waals surface area (Å²) in [6, 6.07) is 7.82. The van der Waals surface area contributed by atoms with E-state index in [0.717, 1.165) is 17.0 Å². The van der Waals surface area contributed by atoms with E-state index in [2.05, 4.69) is 5.32 Å². The maximum atomic E-state index is 11.4. The lowest BCUT2D eigenvalue weighted by Gasteiger charge is -2.04. The van der Waals surface area contributed by atoms with Crippen molar-refractivity contribution in [1.82, 2.24) is 0 Å². The van der Waals surface area contributed by atoms with Crippen LogP contribution >= 0.6 is 11.8 Å². The van der Waals surface area contributed by atoms with Crippen LogP contribution in [-0.2, 0) is 4.79 Å². The molecule has 0 fully saturated rings. The molecule has 0 bridgehead atoms. The van der Waals surface area contributed by atoms with Crippen LogP contribution < -0.4 is 5.32 Å². The number of aryl methyl sites for hydroxylation is 1. The van der Waals surface area contributed by atoms with E-state index >= 15 is 0 Å². The molecule has 0 atom stereocenters. The van der Waals surface area contributed by atoms with Crippen LogP contribution in [0.1, 0.15) is 12.5 Å². The zero-order valence-electron chi connectivity index (χ0n) is 8.54. The minimum atomic E-state index is 0.0717. The lowest BCUT2D eigenvalue weighted by molar-refractivity contribution is -0.113. The van der Waals surface area contributed by atoms with Gasteiger partial charge in [0.1, 0.15) is 0 Å². The van der Waals surface area contributed by atoms with Crippen molar-refractivity contribution in [3.05, 3.63) is 29.8 Å². The Kier molecular flexibility index (Phi) is 4.53. The van der Waals surface area contributed by atoms with Crippen LogP contribution in [0, 0.1) is 6.92 Å². The molecule has 0 unspecified atom stereocenters. The summed E-state index contributed by atoms with van der Waals surface area (Å²) in [5.41, 5.74) is 2.04. The zero-order chi connectivity index (χ0) is 10.4. The lowest BCUT2D eigenvalue weighted by Crippen LogP contribution is -2.14. The second-order valence-electron chi connectivity index (χ2n) is 3.05. The van der Waals surface area contributed by atoms with Gasteiger partial charge >= 0.3 is 0 Å². The molecule has 0 saturated heterocycles. The second-order valence-corrected chi connectivity index (χ2v) is 4.33. The molecule has 0 aliphatic rings. The van der Waals surface area contributed by atoms with Crippen molar-refractivity contribution >= 4 is 23.4 Å². The maximum absolute atomic E-state index is 11.4. The average molecular weight is 209 g/mol. The van der Waals surface area contributed by atoms with E-state index < -0.39 is 0 Å². The first-order chi connectivity index (χ1) is 6.72. The molecule has 2 nitrogen and oxygen atoms in total. The molecular weight excluding hydrogens is 194 g/mol. The van der Waals surface area contributed by atoms with Gasteiger partial charge in [0.15, 0.2) is 0 Å². The fourth-order valence-corrected chi connectivity index (χ4v) is 1.58. The summed E-state index contributed by atoms with van der Waals surface area (Å²) < 4.78 is 0. The van der Waals surface area contributed by atoms with Gasteiger partial charge in [-0.25, -0.2) is 0 Å². The van der Waals surface area contributed by atoms with Gasteiger partial charge in [-0.1, -0.05) is 19.1 Å². The summed E-state index contributed by atoms with van der Waals surface area (Å²) in [5.74, 6) is 1.58. The predicted molar refractivity (Wildman–Crippen MR) is 62.8 cm³/mol. The summed E-state index contributed by atoms with van der Waals surface area (Å²) in [6.45, 7) is 4.06. The number of anilines is 1. The Bertz CT molecular complexity index is 312. The minimum Gasteiger partial charge on any atom is -0.325 e. The van der Waals surface area contributed by atoms with Gasteiger partial charge in [-0.3, -0.25) is 4.79 Å². The first kappa shape index (κ1) is 11.1. The van der Waals surface area contributed by atoms with Gasteiger partial charge in [0.05, 0.1) is 5.75 Å². The molecule has 1 rings (SSSR count). The quantitative estimate of drug-likeness (QED) is 0.826. The highest BCUT2D eigenvalue weighted by Crippen LogP contribution is 2.10. The third-order valence-electron chi connectivity index (χ3n) is 1.74. The van der Waals surface area contributed by atoms with E-state index in [9.17, 15) is 4.79 Å². The molecule has 0 aromatic heterocycles. The van der Waals surface area contributed by atoms with Crippen molar-refractivity contribution in [2.75, 3.05) is 16.8 Å². The molecule has 14 heavy (non-hydrogen) atoms. The fraction of sp³-hybridized carbons (Fsp3) is 0.364. The SMILES string of the molecule is CCSCC(=O)Nc1cccc(C)c1. The lowest BCUT2D eigenvalue weighted by atomic mass is 10.2. The van der Waals surface area contributed by atoms with Gasteiger partial charge in [0.25, 0.3) is 0 Å². The van der Waals surface area contributed by atoms with Gasteiger partial charge in [-0.15, -0.1) is 0 Å². The molecule has 0 aliphatic carbocycles. The molecule has 0 heterocycles. The molecule has 1 amide bonds. The maximum Gasteiger partial charge on any atom is 0.234 e. The summed E-state index contributed by atoms with van der Waals surface area (Å²) in [4.78, 5) is 11.4. The Hall–Kier alpha value is -0.960. The van der Waals surface area contributed by atoms with E-state index in [4.69, 9.17) is 0 Å². The van der Waals surface area contributed by atoms with E-state index in [1.54, 1.807) is 11.8 Å². The summed E-state index contributed by atoms with van der Waals surface area (Å²) in [6.07, 6.45) is 0. The van der Waals surface area contributed by atoms with Gasteiger partial charge in [-0.2, -0.15) is 11.8 Å². The molecule has 0 radical (unpaired) electrons. The van der Waals surface area contributed by atoms with E-state index in [0.29, 0.717) is 5.75 Å². The predicted octanol–water partition coefficient (Wildman–Crippen LogP) is 2.69. The van der Waals surface area contributed by atoms with E-state index in [-0.39, 0.29) is 5.91 Å². The van der Waals surface area contributed by atoms with Crippen molar-refractivity contribution in [3.63, 3.8) is 0 Å². The molecule has 0 spiro atoms. The van der Waals surface area contributed by atoms with Crippen LogP contribution in [-0.4, -0.2) is 17.4 Å². The molecule has 76 valence electrons. The highest BCUT2D eigenvalue weighted by atomic mass is 32.2. The van der Waals surface area contributed by atoms with Crippen molar-refractivity contribution < 1.29 is 4.79 Å². The summed E-state index contributed by atoms with van der Waals surface area (Å²) in [5, 5.41) is 2.86. The molecule has 0 saturated carbocycles. The molecule has 1 N–H and O–H groups in total. The molecule has 0 aliphatic heterocycles. The van der Waals surface area contributed by atoms with Gasteiger partial charge < -0.3 is 5.32 Å². The highest BCUT2D eigenvalue weighted by molar-refractivity contribution is 7.99. The number of nitrogens with one attached hydrogen (secondary N) is 1. The largest absolute Gasteiger partial charge is 0.325 e. The van der Waals surface area contributed by atoms with E-state index in [1.807, 2.05) is 38.1 Å². The summed E-state index contributed by atoms with van der Waals surface area (Å²) >= 11 is 1.63. The highest BCUT2D eigenvalue weighted by Gasteiger charge is 2.00. The summed E-state index contributed by atoms with van der Waals surface area (Å²) in [7, 11) is 0. The van der Waals surface area contributed by atoms with Crippen molar-refractivity contribution in [2.24, 2.45) is 0 Å². The van der Waals surface area contributed by atoms with Gasteiger partial charge in [0.2, 0.25) is 5.91 Å². The first-order valence-electron chi connectivity index (χ1n) is 4.66. The first-order valence-corrected chi connectivity index (χ1v) is 5.82. The molecular formula is C11H15NOS. The molecule has 1 aromatic rings. The smallest absolute Gasteiger partial charge is 0.234 e. The van der Waals surface area contributed by atoms with Gasteiger partial charge in [-0.05, 0) is 30.4 Å². The van der Waals surface area contributed by atoms with Crippen molar-refractivity contribution in [2.45, 2.75) is 13.8 Å². The fourth-order valence-electron chi connectivity index (χ4n) is 1.11. The second kappa shape index (κ2) is 5.70. The zero-order valence-corrected chi connectivity index (χ0v) is 9.36. The van der Waals surface area contributed by atoms with Crippen molar-refractivity contribution in [1.29, 1.82) is 0 Å². The number of carbonyl (C=O) groups is 1. The normalized spacial score (nSPS) is 9.86. The number of carbonyl (C=O) groups excluding carboxylic acids is 1. The van der Waals surface area contributed by atoms with Crippen LogP contribution in [0.2, 0.25) is 0 Å². The molecule has 3 heteroatoms. The van der Waals surface area contributed by atoms with Crippen LogP contribution in [0.25, 0.3) is 0 Å². The third-order valence-corrected chi connectivity index (χ3v) is 2.61. The van der Waals surface area contributed by atoms with E-state index in [1.165, 1.54) is 0 Å². The number of rotatable bonds is 4. The van der Waals surface area contributed by atoms with Crippen molar-refractivity contribution in [3.8, 4) is 0 Å². The Morgan fingerprint density at radius 3 is 2.93 bits per heavy atom. The number of hydrogen-bond donors (Lipinski definition) is 1.